The number of rotatable bonds is 3. The van der Waals surface area contributed by atoms with Gasteiger partial charge in [-0.25, -0.2) is 0 Å². The fourth-order valence-corrected chi connectivity index (χ4v) is 1.97. The van der Waals surface area contributed by atoms with Gasteiger partial charge in [0.15, 0.2) is 6.29 Å². The monoisotopic (exact) mass is 199 g/mol. The smallest absolute Gasteiger partial charge is 0.166 e. The molecular formula is C13H13NO. The molecule has 2 aromatic rings. The van der Waals surface area contributed by atoms with E-state index >= 15 is 0 Å². The topological polar surface area (TPSA) is 22.0 Å². The molecule has 0 aliphatic rings. The summed E-state index contributed by atoms with van der Waals surface area (Å²) in [6, 6.07) is 8.04. The zero-order chi connectivity index (χ0) is 10.8. The van der Waals surface area contributed by atoms with Crippen LogP contribution in [0.25, 0.3) is 10.9 Å². The first-order valence-corrected chi connectivity index (χ1v) is 4.93. The van der Waals surface area contributed by atoms with Gasteiger partial charge in [-0.1, -0.05) is 24.3 Å². The summed E-state index contributed by atoms with van der Waals surface area (Å²) in [5, 5.41) is 1.14. The minimum absolute atomic E-state index is 0.669. The van der Waals surface area contributed by atoms with Crippen molar-refractivity contribution >= 4 is 17.2 Å². The average molecular weight is 199 g/mol. The van der Waals surface area contributed by atoms with Crippen LogP contribution in [0.5, 0.6) is 0 Å². The van der Waals surface area contributed by atoms with E-state index in [4.69, 9.17) is 0 Å². The van der Waals surface area contributed by atoms with Gasteiger partial charge in [0.05, 0.1) is 5.69 Å². The van der Waals surface area contributed by atoms with Gasteiger partial charge in [0, 0.05) is 17.4 Å². The summed E-state index contributed by atoms with van der Waals surface area (Å²) in [6.07, 6.45) is 2.72. The number of fused-ring (bicyclic) bond motifs is 1. The molecule has 2 rings (SSSR count). The lowest BCUT2D eigenvalue weighted by Crippen LogP contribution is -2.00. The van der Waals surface area contributed by atoms with E-state index in [1.54, 1.807) is 6.08 Å². The zero-order valence-corrected chi connectivity index (χ0v) is 8.73. The van der Waals surface area contributed by atoms with Gasteiger partial charge in [-0.05, 0) is 18.6 Å². The number of aldehydes is 1. The lowest BCUT2D eigenvalue weighted by atomic mass is 10.2. The van der Waals surface area contributed by atoms with Crippen LogP contribution >= 0.6 is 0 Å². The molecule has 1 aromatic heterocycles. The van der Waals surface area contributed by atoms with Crippen molar-refractivity contribution in [1.82, 2.24) is 4.57 Å². The third-order valence-electron chi connectivity index (χ3n) is 2.70. The Morgan fingerprint density at radius 3 is 2.80 bits per heavy atom. The summed E-state index contributed by atoms with van der Waals surface area (Å²) in [5.74, 6) is 0. The van der Waals surface area contributed by atoms with Crippen molar-refractivity contribution in [3.8, 4) is 0 Å². The summed E-state index contributed by atoms with van der Waals surface area (Å²) in [4.78, 5) is 11.0. The lowest BCUT2D eigenvalue weighted by Gasteiger charge is -2.02. The van der Waals surface area contributed by atoms with E-state index in [2.05, 4.69) is 6.58 Å². The Bertz CT molecular complexity index is 523. The number of carbonyl (C=O) groups is 1. The SMILES string of the molecule is C=CCn1c(C=O)c(C)c2ccccc21. The summed E-state index contributed by atoms with van der Waals surface area (Å²) in [7, 11) is 0. The number of hydrogen-bond acceptors (Lipinski definition) is 1. The van der Waals surface area contributed by atoms with Gasteiger partial charge in [0.2, 0.25) is 0 Å². The zero-order valence-electron chi connectivity index (χ0n) is 8.73. The third-order valence-corrected chi connectivity index (χ3v) is 2.70. The Labute approximate surface area is 88.8 Å². The molecular weight excluding hydrogens is 186 g/mol. The van der Waals surface area contributed by atoms with E-state index < -0.39 is 0 Å². The molecule has 0 aliphatic carbocycles. The van der Waals surface area contributed by atoms with Crippen LogP contribution in [0.15, 0.2) is 36.9 Å². The van der Waals surface area contributed by atoms with Gasteiger partial charge in [0.1, 0.15) is 0 Å². The number of aryl methyl sites for hydroxylation is 1. The Hall–Kier alpha value is -1.83. The largest absolute Gasteiger partial charge is 0.334 e. The van der Waals surface area contributed by atoms with Crippen molar-refractivity contribution in [3.63, 3.8) is 0 Å². The fraction of sp³-hybridized carbons (Fsp3) is 0.154. The maximum Gasteiger partial charge on any atom is 0.166 e. The van der Waals surface area contributed by atoms with Crippen molar-refractivity contribution in [2.75, 3.05) is 0 Å². The first-order valence-electron chi connectivity index (χ1n) is 4.93. The van der Waals surface area contributed by atoms with Gasteiger partial charge < -0.3 is 4.57 Å². The second-order valence-electron chi connectivity index (χ2n) is 3.54. The number of aromatic nitrogens is 1. The summed E-state index contributed by atoms with van der Waals surface area (Å²) in [5.41, 5.74) is 2.88. The molecule has 0 spiro atoms. The first kappa shape index (κ1) is 9.71. The Balaban J connectivity index is 2.84. The molecule has 1 aromatic carbocycles. The van der Waals surface area contributed by atoms with Crippen LogP contribution in [0.4, 0.5) is 0 Å². The highest BCUT2D eigenvalue weighted by Crippen LogP contribution is 2.24. The number of nitrogens with zero attached hydrogens (tertiary/aromatic N) is 1. The van der Waals surface area contributed by atoms with Crippen LogP contribution < -0.4 is 0 Å². The van der Waals surface area contributed by atoms with Gasteiger partial charge >= 0.3 is 0 Å². The molecule has 0 radical (unpaired) electrons. The van der Waals surface area contributed by atoms with Crippen molar-refractivity contribution in [2.24, 2.45) is 0 Å². The van der Waals surface area contributed by atoms with Crippen LogP contribution in [0.2, 0.25) is 0 Å². The predicted octanol–water partition coefficient (Wildman–Crippen LogP) is 2.95. The standard InChI is InChI=1S/C13H13NO/c1-3-8-14-12-7-5-4-6-11(12)10(2)13(14)9-15/h3-7,9H,1,8H2,2H3. The molecule has 0 bridgehead atoms. The van der Waals surface area contributed by atoms with Crippen LogP contribution in [0.3, 0.4) is 0 Å². The highest BCUT2D eigenvalue weighted by Gasteiger charge is 2.11. The molecule has 0 N–H and O–H groups in total. The molecule has 2 nitrogen and oxygen atoms in total. The van der Waals surface area contributed by atoms with Gasteiger partial charge in [0.25, 0.3) is 0 Å². The maximum atomic E-state index is 11.0. The predicted molar refractivity (Wildman–Crippen MR) is 62.3 cm³/mol. The van der Waals surface area contributed by atoms with E-state index in [9.17, 15) is 4.79 Å². The molecule has 15 heavy (non-hydrogen) atoms. The number of allylic oxidation sites excluding steroid dienone is 1. The molecule has 0 saturated carbocycles. The van der Waals surface area contributed by atoms with E-state index in [-0.39, 0.29) is 0 Å². The first-order chi connectivity index (χ1) is 7.29. The number of carbonyl (C=O) groups excluding carboxylic acids is 1. The van der Waals surface area contributed by atoms with Crippen molar-refractivity contribution < 1.29 is 4.79 Å². The second kappa shape index (κ2) is 3.73. The highest BCUT2D eigenvalue weighted by atomic mass is 16.1. The summed E-state index contributed by atoms with van der Waals surface area (Å²) >= 11 is 0. The van der Waals surface area contributed by atoms with Crippen molar-refractivity contribution in [3.05, 3.63) is 48.2 Å². The molecule has 0 aliphatic heterocycles. The molecule has 76 valence electrons. The lowest BCUT2D eigenvalue weighted by molar-refractivity contribution is 0.111. The van der Waals surface area contributed by atoms with E-state index in [1.807, 2.05) is 35.8 Å². The molecule has 1 heterocycles. The Kier molecular flexibility index (Phi) is 2.42. The quantitative estimate of drug-likeness (QED) is 0.550. The van der Waals surface area contributed by atoms with Gasteiger partial charge in [-0.15, -0.1) is 6.58 Å². The molecule has 0 unspecified atom stereocenters. The van der Waals surface area contributed by atoms with Crippen LogP contribution in [0.1, 0.15) is 16.1 Å². The van der Waals surface area contributed by atoms with Gasteiger partial charge in [-0.2, -0.15) is 0 Å². The Morgan fingerprint density at radius 2 is 2.13 bits per heavy atom. The van der Waals surface area contributed by atoms with Crippen LogP contribution in [-0.2, 0) is 6.54 Å². The number of para-hydroxylation sites is 1. The average Bonchev–Trinajstić information content (AvgIpc) is 2.54. The minimum atomic E-state index is 0.669. The number of hydrogen-bond donors (Lipinski definition) is 0. The molecule has 0 amide bonds. The number of benzene rings is 1. The summed E-state index contributed by atoms with van der Waals surface area (Å²) < 4.78 is 1.99. The molecule has 2 heteroatoms. The molecule has 0 saturated heterocycles. The Morgan fingerprint density at radius 1 is 1.40 bits per heavy atom. The van der Waals surface area contributed by atoms with Crippen LogP contribution in [0, 0.1) is 6.92 Å². The van der Waals surface area contributed by atoms with E-state index in [0.717, 1.165) is 28.4 Å². The molecule has 0 fully saturated rings. The third kappa shape index (κ3) is 1.38. The second-order valence-corrected chi connectivity index (χ2v) is 3.54. The van der Waals surface area contributed by atoms with Crippen molar-refractivity contribution in [1.29, 1.82) is 0 Å². The normalized spacial score (nSPS) is 10.5. The van der Waals surface area contributed by atoms with Crippen LogP contribution in [-0.4, -0.2) is 10.9 Å². The highest BCUT2D eigenvalue weighted by molar-refractivity contribution is 5.93. The summed E-state index contributed by atoms with van der Waals surface area (Å²) in [6.45, 7) is 6.36. The fourth-order valence-electron chi connectivity index (χ4n) is 1.97. The maximum absolute atomic E-state index is 11.0. The van der Waals surface area contributed by atoms with Crippen molar-refractivity contribution in [2.45, 2.75) is 13.5 Å². The van der Waals surface area contributed by atoms with E-state index in [0.29, 0.717) is 6.54 Å². The molecule has 0 atom stereocenters. The van der Waals surface area contributed by atoms with Gasteiger partial charge in [-0.3, -0.25) is 4.79 Å². The minimum Gasteiger partial charge on any atom is -0.334 e. The van der Waals surface area contributed by atoms with E-state index in [1.165, 1.54) is 0 Å².